The predicted molar refractivity (Wildman–Crippen MR) is 60.6 cm³/mol. The Balaban J connectivity index is 2.26. The first-order chi connectivity index (χ1) is 7.56. The van der Waals surface area contributed by atoms with Crippen LogP contribution in [0, 0.1) is 0 Å². The molecule has 1 aromatic rings. The molecule has 8 heteroatoms. The number of halogens is 2. The fourth-order valence-corrected chi connectivity index (χ4v) is 2.30. The average Bonchev–Trinajstić information content (AvgIpc) is 2.73. The number of hydrogen-bond acceptors (Lipinski definition) is 5. The van der Waals surface area contributed by atoms with E-state index in [-0.39, 0.29) is 6.61 Å². The standard InChI is InChI=1S/C8H10Br2N2O4/c9-6-7(10)12(2-11-6)8-5(15)4(14)3(1-13)16-8/h2-5,8,13-15H,1H2/t3-,4-,5-,8-/m1/s1. The summed E-state index contributed by atoms with van der Waals surface area (Å²) in [6.45, 7) is -0.345. The lowest BCUT2D eigenvalue weighted by atomic mass is 10.1. The minimum atomic E-state index is -1.11. The van der Waals surface area contributed by atoms with Crippen LogP contribution in [0.25, 0.3) is 0 Å². The van der Waals surface area contributed by atoms with E-state index in [0.717, 1.165) is 0 Å². The summed E-state index contributed by atoms with van der Waals surface area (Å²) >= 11 is 6.47. The van der Waals surface area contributed by atoms with E-state index in [1.807, 2.05) is 0 Å². The Bertz CT molecular complexity index is 386. The Labute approximate surface area is 108 Å². The Morgan fingerprint density at radius 2 is 2.06 bits per heavy atom. The van der Waals surface area contributed by atoms with Crippen LogP contribution in [0.15, 0.2) is 15.5 Å². The van der Waals surface area contributed by atoms with Crippen LogP contribution in [-0.2, 0) is 4.74 Å². The molecule has 1 aliphatic rings. The van der Waals surface area contributed by atoms with Gasteiger partial charge in [-0.3, -0.25) is 4.57 Å². The van der Waals surface area contributed by atoms with Crippen LogP contribution in [0.1, 0.15) is 6.23 Å². The molecule has 3 N–H and O–H groups in total. The summed E-state index contributed by atoms with van der Waals surface area (Å²) in [5, 5.41) is 28.3. The maximum absolute atomic E-state index is 9.78. The van der Waals surface area contributed by atoms with Gasteiger partial charge >= 0.3 is 0 Å². The first-order valence-electron chi connectivity index (χ1n) is 4.56. The van der Waals surface area contributed by atoms with Crippen LogP contribution in [0.3, 0.4) is 0 Å². The molecule has 1 saturated heterocycles. The Hall–Kier alpha value is 0.01000. The highest BCUT2D eigenvalue weighted by atomic mass is 79.9. The molecule has 4 atom stereocenters. The largest absolute Gasteiger partial charge is 0.394 e. The first-order valence-corrected chi connectivity index (χ1v) is 6.15. The number of imidazole rings is 1. The van der Waals surface area contributed by atoms with Crippen LogP contribution < -0.4 is 0 Å². The normalized spacial score (nSPS) is 34.6. The van der Waals surface area contributed by atoms with Crippen LogP contribution in [-0.4, -0.2) is 49.8 Å². The second kappa shape index (κ2) is 4.71. The molecule has 0 radical (unpaired) electrons. The molecule has 1 fully saturated rings. The Morgan fingerprint density at radius 3 is 2.50 bits per heavy atom. The number of nitrogens with zero attached hydrogens (tertiary/aromatic N) is 2. The molecule has 90 valence electrons. The lowest BCUT2D eigenvalue weighted by Gasteiger charge is -2.16. The number of aliphatic hydroxyl groups excluding tert-OH is 3. The molecule has 0 unspecified atom stereocenters. The molecule has 0 bridgehead atoms. The number of aromatic nitrogens is 2. The number of ether oxygens (including phenoxy) is 1. The van der Waals surface area contributed by atoms with Gasteiger partial charge in [-0.1, -0.05) is 0 Å². The zero-order chi connectivity index (χ0) is 11.9. The molecule has 1 aliphatic heterocycles. The molecule has 0 saturated carbocycles. The van der Waals surface area contributed by atoms with Gasteiger partial charge in [0, 0.05) is 0 Å². The molecule has 0 amide bonds. The second-order valence-corrected chi connectivity index (χ2v) is 4.96. The first kappa shape index (κ1) is 12.5. The lowest BCUT2D eigenvalue weighted by molar-refractivity contribution is -0.0538. The highest BCUT2D eigenvalue weighted by Gasteiger charge is 2.43. The summed E-state index contributed by atoms with van der Waals surface area (Å²) in [5.41, 5.74) is 0. The Kier molecular flexibility index (Phi) is 3.67. The SMILES string of the molecule is OC[C@H]1O[C@@H](n2cnc(Br)c2Br)[C@H](O)[C@@H]1O. The van der Waals surface area contributed by atoms with Gasteiger partial charge in [0.15, 0.2) is 6.23 Å². The van der Waals surface area contributed by atoms with Crippen molar-refractivity contribution >= 4 is 31.9 Å². The van der Waals surface area contributed by atoms with Gasteiger partial charge in [0.1, 0.15) is 27.5 Å². The van der Waals surface area contributed by atoms with E-state index >= 15 is 0 Å². The zero-order valence-corrected chi connectivity index (χ0v) is 11.2. The van der Waals surface area contributed by atoms with Gasteiger partial charge in [0.05, 0.1) is 12.9 Å². The predicted octanol–water partition coefficient (Wildman–Crippen LogP) is 0.0196. The van der Waals surface area contributed by atoms with Crippen molar-refractivity contribution in [2.45, 2.75) is 24.5 Å². The van der Waals surface area contributed by atoms with Crippen molar-refractivity contribution in [1.82, 2.24) is 9.55 Å². The summed E-state index contributed by atoms with van der Waals surface area (Å²) in [6.07, 6.45) is -2.29. The molecule has 6 nitrogen and oxygen atoms in total. The van der Waals surface area contributed by atoms with Gasteiger partial charge in [0.2, 0.25) is 0 Å². The molecule has 0 aromatic carbocycles. The summed E-state index contributed by atoms with van der Waals surface area (Å²) in [6, 6.07) is 0. The molecular weight excluding hydrogens is 348 g/mol. The third kappa shape index (κ3) is 1.93. The van der Waals surface area contributed by atoms with Gasteiger partial charge in [-0.2, -0.15) is 0 Å². The topological polar surface area (TPSA) is 87.7 Å². The van der Waals surface area contributed by atoms with Crippen molar-refractivity contribution in [2.75, 3.05) is 6.61 Å². The lowest BCUT2D eigenvalue weighted by Crippen LogP contribution is -2.33. The molecule has 0 aliphatic carbocycles. The minimum absolute atomic E-state index is 0.345. The van der Waals surface area contributed by atoms with Crippen LogP contribution in [0.5, 0.6) is 0 Å². The summed E-state index contributed by atoms with van der Waals surface area (Å²) in [7, 11) is 0. The monoisotopic (exact) mass is 356 g/mol. The van der Waals surface area contributed by atoms with Crippen molar-refractivity contribution in [3.63, 3.8) is 0 Å². The molecule has 0 spiro atoms. The number of rotatable bonds is 2. The van der Waals surface area contributed by atoms with Gasteiger partial charge in [-0.05, 0) is 31.9 Å². The van der Waals surface area contributed by atoms with Gasteiger partial charge in [-0.15, -0.1) is 0 Å². The second-order valence-electron chi connectivity index (χ2n) is 3.46. The zero-order valence-electron chi connectivity index (χ0n) is 7.99. The van der Waals surface area contributed by atoms with E-state index in [4.69, 9.17) is 9.84 Å². The summed E-state index contributed by atoms with van der Waals surface area (Å²) in [5.74, 6) is 0. The van der Waals surface area contributed by atoms with Crippen molar-refractivity contribution in [2.24, 2.45) is 0 Å². The van der Waals surface area contributed by atoms with Crippen LogP contribution in [0.4, 0.5) is 0 Å². The molecule has 2 rings (SSSR count). The summed E-state index contributed by atoms with van der Waals surface area (Å²) < 4.78 is 8.05. The molecular formula is C8H10Br2N2O4. The quantitative estimate of drug-likeness (QED) is 0.694. The van der Waals surface area contributed by atoms with E-state index in [9.17, 15) is 10.2 Å². The minimum Gasteiger partial charge on any atom is -0.394 e. The molecule has 1 aromatic heterocycles. The van der Waals surface area contributed by atoms with E-state index in [2.05, 4.69) is 36.8 Å². The fraction of sp³-hybridized carbons (Fsp3) is 0.625. The maximum Gasteiger partial charge on any atom is 0.165 e. The third-order valence-electron chi connectivity index (χ3n) is 2.48. The number of aliphatic hydroxyl groups is 3. The molecule has 2 heterocycles. The van der Waals surface area contributed by atoms with Gasteiger partial charge < -0.3 is 20.1 Å². The van der Waals surface area contributed by atoms with E-state index < -0.39 is 24.5 Å². The fourth-order valence-electron chi connectivity index (χ4n) is 1.61. The van der Waals surface area contributed by atoms with Gasteiger partial charge in [-0.25, -0.2) is 4.98 Å². The third-order valence-corrected chi connectivity index (χ3v) is 4.38. The van der Waals surface area contributed by atoms with E-state index in [1.54, 1.807) is 0 Å². The average molecular weight is 358 g/mol. The van der Waals surface area contributed by atoms with Crippen molar-refractivity contribution in [3.8, 4) is 0 Å². The van der Waals surface area contributed by atoms with E-state index in [0.29, 0.717) is 9.21 Å². The highest BCUT2D eigenvalue weighted by Crippen LogP contribution is 2.33. The van der Waals surface area contributed by atoms with Crippen molar-refractivity contribution in [1.29, 1.82) is 0 Å². The van der Waals surface area contributed by atoms with Crippen molar-refractivity contribution in [3.05, 3.63) is 15.5 Å². The van der Waals surface area contributed by atoms with Crippen molar-refractivity contribution < 1.29 is 20.1 Å². The van der Waals surface area contributed by atoms with Gasteiger partial charge in [0.25, 0.3) is 0 Å². The van der Waals surface area contributed by atoms with Crippen LogP contribution >= 0.6 is 31.9 Å². The maximum atomic E-state index is 9.78. The highest BCUT2D eigenvalue weighted by molar-refractivity contribution is 9.13. The summed E-state index contributed by atoms with van der Waals surface area (Å²) in [4.78, 5) is 3.97. The van der Waals surface area contributed by atoms with E-state index in [1.165, 1.54) is 10.9 Å². The Morgan fingerprint density at radius 1 is 1.38 bits per heavy atom. The molecule has 16 heavy (non-hydrogen) atoms. The smallest absolute Gasteiger partial charge is 0.165 e. The van der Waals surface area contributed by atoms with Crippen LogP contribution in [0.2, 0.25) is 0 Å². The number of hydrogen-bond donors (Lipinski definition) is 3.